The lowest BCUT2D eigenvalue weighted by Gasteiger charge is -2.15. The number of hydrogen-bond donors (Lipinski definition) is 2. The zero-order chi connectivity index (χ0) is 18.4. The van der Waals surface area contributed by atoms with E-state index < -0.39 is 10.0 Å². The third-order valence-electron chi connectivity index (χ3n) is 3.62. The Kier molecular flexibility index (Phi) is 6.45. The summed E-state index contributed by atoms with van der Waals surface area (Å²) in [6.45, 7) is 3.95. The van der Waals surface area contributed by atoms with Crippen molar-refractivity contribution in [3.63, 3.8) is 0 Å². The van der Waals surface area contributed by atoms with E-state index in [-0.39, 0.29) is 33.1 Å². The van der Waals surface area contributed by atoms with Crippen LogP contribution in [-0.2, 0) is 10.0 Å². The SMILES string of the molecule is CCC[C@H](C)NC(=O)c1cc(NS(=O)(=O)c2ccccc2)ccc1Cl. The number of amides is 1. The molecule has 1 amide bonds. The molecule has 2 aromatic carbocycles. The summed E-state index contributed by atoms with van der Waals surface area (Å²) >= 11 is 6.10. The van der Waals surface area contributed by atoms with Crippen LogP contribution in [0, 0.1) is 0 Å². The zero-order valence-corrected chi connectivity index (χ0v) is 15.7. The Hall–Kier alpha value is -2.05. The average molecular weight is 381 g/mol. The highest BCUT2D eigenvalue weighted by Gasteiger charge is 2.17. The maximum atomic E-state index is 12.4. The highest BCUT2D eigenvalue weighted by molar-refractivity contribution is 7.92. The largest absolute Gasteiger partial charge is 0.350 e. The fraction of sp³-hybridized carbons (Fsp3) is 0.278. The molecule has 5 nitrogen and oxygen atoms in total. The van der Waals surface area contributed by atoms with E-state index in [1.54, 1.807) is 18.2 Å². The van der Waals surface area contributed by atoms with Gasteiger partial charge in [-0.3, -0.25) is 9.52 Å². The summed E-state index contributed by atoms with van der Waals surface area (Å²) in [5.41, 5.74) is 0.513. The number of rotatable bonds is 7. The minimum Gasteiger partial charge on any atom is -0.350 e. The van der Waals surface area contributed by atoms with Crippen LogP contribution in [0.2, 0.25) is 5.02 Å². The van der Waals surface area contributed by atoms with E-state index in [9.17, 15) is 13.2 Å². The number of anilines is 1. The molecule has 0 saturated heterocycles. The number of hydrogen-bond acceptors (Lipinski definition) is 3. The van der Waals surface area contributed by atoms with Crippen LogP contribution in [0.4, 0.5) is 5.69 Å². The molecule has 0 aromatic heterocycles. The summed E-state index contributed by atoms with van der Waals surface area (Å²) in [5, 5.41) is 3.13. The van der Waals surface area contributed by atoms with Crippen molar-refractivity contribution < 1.29 is 13.2 Å². The summed E-state index contributed by atoms with van der Waals surface area (Å²) < 4.78 is 27.2. The van der Waals surface area contributed by atoms with Crippen molar-refractivity contribution in [3.05, 3.63) is 59.1 Å². The molecule has 2 rings (SSSR count). The van der Waals surface area contributed by atoms with Gasteiger partial charge < -0.3 is 5.32 Å². The van der Waals surface area contributed by atoms with Gasteiger partial charge in [0, 0.05) is 11.7 Å². The molecule has 0 bridgehead atoms. The van der Waals surface area contributed by atoms with Crippen molar-refractivity contribution in [2.45, 2.75) is 37.6 Å². The molecule has 7 heteroatoms. The van der Waals surface area contributed by atoms with Crippen LogP contribution in [0.3, 0.4) is 0 Å². The third-order valence-corrected chi connectivity index (χ3v) is 5.34. The third kappa shape index (κ3) is 5.21. The highest BCUT2D eigenvalue weighted by Crippen LogP contribution is 2.23. The van der Waals surface area contributed by atoms with Gasteiger partial charge in [0.2, 0.25) is 0 Å². The first kappa shape index (κ1) is 19.3. The Bertz CT molecular complexity index is 839. The van der Waals surface area contributed by atoms with Crippen LogP contribution in [0.15, 0.2) is 53.4 Å². The predicted octanol–water partition coefficient (Wildman–Crippen LogP) is 4.06. The molecule has 1 atom stereocenters. The van der Waals surface area contributed by atoms with Crippen LogP contribution in [0.5, 0.6) is 0 Å². The first-order chi connectivity index (χ1) is 11.8. The molecule has 0 saturated carbocycles. The van der Waals surface area contributed by atoms with Crippen molar-refractivity contribution in [1.82, 2.24) is 5.32 Å². The lowest BCUT2D eigenvalue weighted by Crippen LogP contribution is -2.32. The second-order valence-corrected chi connectivity index (χ2v) is 7.87. The van der Waals surface area contributed by atoms with Gasteiger partial charge in [-0.2, -0.15) is 0 Å². The van der Waals surface area contributed by atoms with Gasteiger partial charge in [-0.15, -0.1) is 0 Å². The van der Waals surface area contributed by atoms with Crippen LogP contribution in [-0.4, -0.2) is 20.4 Å². The van der Waals surface area contributed by atoms with Gasteiger partial charge in [-0.25, -0.2) is 8.42 Å². The summed E-state index contributed by atoms with van der Waals surface area (Å²) in [7, 11) is -3.73. The number of carbonyl (C=O) groups is 1. The van der Waals surface area contributed by atoms with Gasteiger partial charge in [-0.1, -0.05) is 43.1 Å². The molecular formula is C18H21ClN2O3S. The molecule has 2 N–H and O–H groups in total. The van der Waals surface area contributed by atoms with Gasteiger partial charge in [0.15, 0.2) is 0 Å². The van der Waals surface area contributed by atoms with Crippen molar-refractivity contribution in [3.8, 4) is 0 Å². The van der Waals surface area contributed by atoms with E-state index in [1.165, 1.54) is 30.3 Å². The number of carbonyl (C=O) groups excluding carboxylic acids is 1. The number of nitrogens with one attached hydrogen (secondary N) is 2. The standard InChI is InChI=1S/C18H21ClN2O3S/c1-3-7-13(2)20-18(22)16-12-14(10-11-17(16)19)21-25(23,24)15-8-5-4-6-9-15/h4-6,8-13,21H,3,7H2,1-2H3,(H,20,22)/t13-/m0/s1. The smallest absolute Gasteiger partial charge is 0.261 e. The van der Waals surface area contributed by atoms with Crippen molar-refractivity contribution in [2.75, 3.05) is 4.72 Å². The van der Waals surface area contributed by atoms with Gasteiger partial charge in [-0.05, 0) is 43.7 Å². The van der Waals surface area contributed by atoms with Crippen molar-refractivity contribution in [1.29, 1.82) is 0 Å². The van der Waals surface area contributed by atoms with E-state index >= 15 is 0 Å². The maximum absolute atomic E-state index is 12.4. The lowest BCUT2D eigenvalue weighted by atomic mass is 10.1. The van der Waals surface area contributed by atoms with Gasteiger partial charge in [0.05, 0.1) is 15.5 Å². The fourth-order valence-corrected chi connectivity index (χ4v) is 3.66. The Labute approximate surface area is 153 Å². The van der Waals surface area contributed by atoms with Gasteiger partial charge in [0.25, 0.3) is 15.9 Å². The van der Waals surface area contributed by atoms with E-state index in [0.717, 1.165) is 12.8 Å². The van der Waals surface area contributed by atoms with E-state index in [0.29, 0.717) is 0 Å². The van der Waals surface area contributed by atoms with Crippen LogP contribution >= 0.6 is 11.6 Å². The maximum Gasteiger partial charge on any atom is 0.261 e. The van der Waals surface area contributed by atoms with Crippen LogP contribution in [0.25, 0.3) is 0 Å². The minimum absolute atomic E-state index is 0.0123. The van der Waals surface area contributed by atoms with Crippen LogP contribution < -0.4 is 10.0 Å². The predicted molar refractivity (Wildman–Crippen MR) is 101 cm³/mol. The first-order valence-corrected chi connectivity index (χ1v) is 9.88. The topological polar surface area (TPSA) is 75.3 Å². The van der Waals surface area contributed by atoms with Crippen LogP contribution in [0.1, 0.15) is 37.0 Å². The zero-order valence-electron chi connectivity index (χ0n) is 14.1. The molecule has 0 unspecified atom stereocenters. The molecule has 0 heterocycles. The van der Waals surface area contributed by atoms with Gasteiger partial charge >= 0.3 is 0 Å². The molecule has 0 fully saturated rings. The summed E-state index contributed by atoms with van der Waals surface area (Å²) in [5.74, 6) is -0.327. The monoisotopic (exact) mass is 380 g/mol. The number of sulfonamides is 1. The number of halogens is 1. The molecule has 0 aliphatic rings. The van der Waals surface area contributed by atoms with Crippen molar-refractivity contribution >= 4 is 33.2 Å². The molecule has 0 aliphatic carbocycles. The Balaban J connectivity index is 2.23. The Morgan fingerprint density at radius 1 is 1.16 bits per heavy atom. The fourth-order valence-electron chi connectivity index (χ4n) is 2.38. The first-order valence-electron chi connectivity index (χ1n) is 8.01. The van der Waals surface area contributed by atoms with E-state index in [4.69, 9.17) is 11.6 Å². The molecule has 0 spiro atoms. The Morgan fingerprint density at radius 3 is 2.48 bits per heavy atom. The van der Waals surface area contributed by atoms with E-state index in [2.05, 4.69) is 10.0 Å². The quantitative estimate of drug-likeness (QED) is 0.760. The minimum atomic E-state index is -3.73. The average Bonchev–Trinajstić information content (AvgIpc) is 2.57. The normalized spacial score (nSPS) is 12.4. The molecule has 25 heavy (non-hydrogen) atoms. The second-order valence-electron chi connectivity index (χ2n) is 5.78. The molecule has 0 radical (unpaired) electrons. The number of benzene rings is 2. The van der Waals surface area contributed by atoms with Crippen molar-refractivity contribution in [2.24, 2.45) is 0 Å². The molecule has 0 aliphatic heterocycles. The Morgan fingerprint density at radius 2 is 1.84 bits per heavy atom. The summed E-state index contributed by atoms with van der Waals surface area (Å²) in [6, 6.07) is 12.5. The summed E-state index contributed by atoms with van der Waals surface area (Å²) in [6.07, 6.45) is 1.80. The molecule has 134 valence electrons. The van der Waals surface area contributed by atoms with Gasteiger partial charge in [0.1, 0.15) is 0 Å². The lowest BCUT2D eigenvalue weighted by molar-refractivity contribution is 0.0938. The summed E-state index contributed by atoms with van der Waals surface area (Å²) in [4.78, 5) is 12.5. The van der Waals surface area contributed by atoms with E-state index in [1.807, 2.05) is 13.8 Å². The highest BCUT2D eigenvalue weighted by atomic mass is 35.5. The molecule has 2 aromatic rings. The molecular weight excluding hydrogens is 360 g/mol. The second kappa shape index (κ2) is 8.36.